The maximum atomic E-state index is 10.7. The largest absolute Gasteiger partial charge is 0.478 e. The van der Waals surface area contributed by atoms with Crippen molar-refractivity contribution in [3.8, 4) is 0 Å². The average Bonchev–Trinajstić information content (AvgIpc) is 2.16. The second kappa shape index (κ2) is 4.45. The van der Waals surface area contributed by atoms with Crippen molar-refractivity contribution in [2.45, 2.75) is 31.8 Å². The number of carbonyl (C=O) groups is 1. The maximum Gasteiger partial charge on any atom is 0.335 e. The molecule has 0 amide bonds. The first-order chi connectivity index (χ1) is 7.25. The number of nitrogens with one attached hydrogen (secondary N) is 1. The van der Waals surface area contributed by atoms with E-state index in [1.807, 2.05) is 6.07 Å². The van der Waals surface area contributed by atoms with Crippen LogP contribution in [0.1, 0.15) is 35.2 Å². The van der Waals surface area contributed by atoms with Gasteiger partial charge in [-0.1, -0.05) is 18.6 Å². The highest BCUT2D eigenvalue weighted by Gasteiger charge is 2.16. The quantitative estimate of drug-likeness (QED) is 0.790. The third-order valence-corrected chi connectivity index (χ3v) is 2.87. The van der Waals surface area contributed by atoms with Crippen molar-refractivity contribution in [3.05, 3.63) is 35.4 Å². The van der Waals surface area contributed by atoms with Crippen molar-refractivity contribution in [1.29, 1.82) is 0 Å². The Bertz CT molecular complexity index is 358. The van der Waals surface area contributed by atoms with Crippen LogP contribution in [0, 0.1) is 0 Å². The number of hydrogen-bond donors (Lipinski definition) is 2. The summed E-state index contributed by atoms with van der Waals surface area (Å²) in [6, 6.07) is 7.74. The van der Waals surface area contributed by atoms with E-state index in [0.717, 1.165) is 12.1 Å². The molecule has 1 aliphatic rings. The summed E-state index contributed by atoms with van der Waals surface area (Å²) in [5.74, 6) is -0.861. The zero-order valence-electron chi connectivity index (χ0n) is 8.57. The Hall–Kier alpha value is -1.35. The van der Waals surface area contributed by atoms with Gasteiger partial charge in [0.15, 0.2) is 0 Å². The summed E-state index contributed by atoms with van der Waals surface area (Å²) in [6.45, 7) is 0.770. The van der Waals surface area contributed by atoms with Crippen LogP contribution in [0.5, 0.6) is 0 Å². The monoisotopic (exact) mass is 205 g/mol. The van der Waals surface area contributed by atoms with Crippen LogP contribution in [0.4, 0.5) is 0 Å². The van der Waals surface area contributed by atoms with Gasteiger partial charge in [0.05, 0.1) is 5.56 Å². The molecule has 2 rings (SSSR count). The predicted molar refractivity (Wildman–Crippen MR) is 57.9 cm³/mol. The minimum atomic E-state index is -0.861. The lowest BCUT2D eigenvalue weighted by Crippen LogP contribution is -2.34. The number of hydrogen-bond acceptors (Lipinski definition) is 2. The summed E-state index contributed by atoms with van der Waals surface area (Å²) < 4.78 is 0. The molecule has 0 aliphatic heterocycles. The van der Waals surface area contributed by atoms with Gasteiger partial charge >= 0.3 is 5.97 Å². The molecular weight excluding hydrogens is 190 g/mol. The van der Waals surface area contributed by atoms with Gasteiger partial charge in [0, 0.05) is 12.6 Å². The van der Waals surface area contributed by atoms with Crippen molar-refractivity contribution in [1.82, 2.24) is 5.32 Å². The Labute approximate surface area is 89.1 Å². The van der Waals surface area contributed by atoms with Gasteiger partial charge in [0.1, 0.15) is 0 Å². The Morgan fingerprint density at radius 2 is 2.27 bits per heavy atom. The van der Waals surface area contributed by atoms with Crippen molar-refractivity contribution in [2.75, 3.05) is 0 Å². The van der Waals surface area contributed by atoms with E-state index in [0.29, 0.717) is 11.6 Å². The molecule has 3 heteroatoms. The first kappa shape index (κ1) is 10.2. The zero-order valence-corrected chi connectivity index (χ0v) is 8.57. The highest BCUT2D eigenvalue weighted by Crippen LogP contribution is 2.18. The summed E-state index contributed by atoms with van der Waals surface area (Å²) in [7, 11) is 0. The number of aromatic carboxylic acids is 1. The lowest BCUT2D eigenvalue weighted by atomic mass is 9.93. The highest BCUT2D eigenvalue weighted by atomic mass is 16.4. The molecule has 0 atom stereocenters. The predicted octanol–water partition coefficient (Wildman–Crippen LogP) is 2.03. The van der Waals surface area contributed by atoms with E-state index in [4.69, 9.17) is 5.11 Å². The third kappa shape index (κ3) is 2.57. The molecule has 1 aromatic rings. The molecule has 1 fully saturated rings. The molecule has 0 heterocycles. The lowest BCUT2D eigenvalue weighted by Gasteiger charge is -2.26. The summed E-state index contributed by atoms with van der Waals surface area (Å²) in [4.78, 5) is 10.7. The number of carboxylic acids is 1. The van der Waals surface area contributed by atoms with E-state index in [9.17, 15) is 4.79 Å². The van der Waals surface area contributed by atoms with Gasteiger partial charge in [-0.15, -0.1) is 0 Å². The Balaban J connectivity index is 1.94. The minimum absolute atomic E-state index is 0.364. The van der Waals surface area contributed by atoms with Crippen LogP contribution in [-0.2, 0) is 6.54 Å². The molecule has 0 saturated heterocycles. The molecule has 0 spiro atoms. The van der Waals surface area contributed by atoms with E-state index in [-0.39, 0.29) is 0 Å². The van der Waals surface area contributed by atoms with Crippen LogP contribution >= 0.6 is 0 Å². The number of benzene rings is 1. The lowest BCUT2D eigenvalue weighted by molar-refractivity contribution is 0.0697. The molecule has 0 aromatic heterocycles. The maximum absolute atomic E-state index is 10.7. The van der Waals surface area contributed by atoms with Gasteiger partial charge in [-0.2, -0.15) is 0 Å². The molecule has 0 bridgehead atoms. The molecule has 2 N–H and O–H groups in total. The number of carboxylic acid groups (broad SMARTS) is 1. The number of rotatable bonds is 4. The molecule has 0 unspecified atom stereocenters. The van der Waals surface area contributed by atoms with Crippen LogP contribution in [0.15, 0.2) is 24.3 Å². The van der Waals surface area contributed by atoms with Crippen molar-refractivity contribution in [3.63, 3.8) is 0 Å². The van der Waals surface area contributed by atoms with Crippen LogP contribution in [0.25, 0.3) is 0 Å². The van der Waals surface area contributed by atoms with Crippen molar-refractivity contribution >= 4 is 5.97 Å². The molecule has 15 heavy (non-hydrogen) atoms. The fraction of sp³-hybridized carbons (Fsp3) is 0.417. The van der Waals surface area contributed by atoms with Gasteiger partial charge in [0.2, 0.25) is 0 Å². The topological polar surface area (TPSA) is 49.3 Å². The summed E-state index contributed by atoms with van der Waals surface area (Å²) >= 11 is 0. The van der Waals surface area contributed by atoms with Crippen molar-refractivity contribution in [2.24, 2.45) is 0 Å². The van der Waals surface area contributed by atoms with Gasteiger partial charge in [-0.3, -0.25) is 0 Å². The minimum Gasteiger partial charge on any atom is -0.478 e. The highest BCUT2D eigenvalue weighted by molar-refractivity contribution is 5.87. The van der Waals surface area contributed by atoms with Crippen LogP contribution in [0.2, 0.25) is 0 Å². The van der Waals surface area contributed by atoms with E-state index in [1.54, 1.807) is 18.2 Å². The molecule has 1 aliphatic carbocycles. The van der Waals surface area contributed by atoms with E-state index in [1.165, 1.54) is 19.3 Å². The first-order valence-corrected chi connectivity index (χ1v) is 5.31. The summed E-state index contributed by atoms with van der Waals surface area (Å²) in [5, 5.41) is 12.2. The van der Waals surface area contributed by atoms with Crippen molar-refractivity contribution < 1.29 is 9.90 Å². The zero-order chi connectivity index (χ0) is 10.7. The summed E-state index contributed by atoms with van der Waals surface area (Å²) in [6.07, 6.45) is 3.81. The van der Waals surface area contributed by atoms with Gasteiger partial charge in [-0.25, -0.2) is 4.79 Å². The van der Waals surface area contributed by atoms with Gasteiger partial charge in [-0.05, 0) is 30.5 Å². The fourth-order valence-electron chi connectivity index (χ4n) is 1.69. The summed E-state index contributed by atoms with van der Waals surface area (Å²) in [5.41, 5.74) is 1.41. The van der Waals surface area contributed by atoms with E-state index < -0.39 is 5.97 Å². The van der Waals surface area contributed by atoms with Gasteiger partial charge < -0.3 is 10.4 Å². The van der Waals surface area contributed by atoms with Crippen LogP contribution in [0.3, 0.4) is 0 Å². The standard InChI is InChI=1S/C12H15NO2/c14-12(15)10-4-1-3-9(7-10)8-13-11-5-2-6-11/h1,3-4,7,11,13H,2,5-6,8H2,(H,14,15). The molecule has 3 nitrogen and oxygen atoms in total. The smallest absolute Gasteiger partial charge is 0.335 e. The second-order valence-corrected chi connectivity index (χ2v) is 4.01. The Kier molecular flexibility index (Phi) is 3.02. The molecule has 80 valence electrons. The normalized spacial score (nSPS) is 16.0. The Morgan fingerprint density at radius 1 is 1.47 bits per heavy atom. The average molecular weight is 205 g/mol. The molecular formula is C12H15NO2. The van der Waals surface area contributed by atoms with Crippen LogP contribution in [-0.4, -0.2) is 17.1 Å². The molecule has 1 saturated carbocycles. The third-order valence-electron chi connectivity index (χ3n) is 2.87. The molecule has 1 aromatic carbocycles. The first-order valence-electron chi connectivity index (χ1n) is 5.31. The van der Waals surface area contributed by atoms with Crippen LogP contribution < -0.4 is 5.32 Å². The van der Waals surface area contributed by atoms with E-state index in [2.05, 4.69) is 5.32 Å². The Morgan fingerprint density at radius 3 is 2.87 bits per heavy atom. The SMILES string of the molecule is O=C(O)c1cccc(CNC2CCC2)c1. The molecule has 0 radical (unpaired) electrons. The fourth-order valence-corrected chi connectivity index (χ4v) is 1.69. The second-order valence-electron chi connectivity index (χ2n) is 4.01. The van der Waals surface area contributed by atoms with E-state index >= 15 is 0 Å². The van der Waals surface area contributed by atoms with Gasteiger partial charge in [0.25, 0.3) is 0 Å².